The molecule has 202 valence electrons. The third kappa shape index (κ3) is 3.46. The van der Waals surface area contributed by atoms with Gasteiger partial charge in [0.15, 0.2) is 11.6 Å². The summed E-state index contributed by atoms with van der Waals surface area (Å²) >= 11 is 0. The van der Waals surface area contributed by atoms with Crippen LogP contribution in [-0.4, -0.2) is 36.7 Å². The summed E-state index contributed by atoms with van der Waals surface area (Å²) in [7, 11) is 1.55. The number of amides is 1. The smallest absolute Gasteiger partial charge is 0.238 e. The topological polar surface area (TPSA) is 75.7 Å². The van der Waals surface area contributed by atoms with Gasteiger partial charge in [0, 0.05) is 28.1 Å². The Hall–Kier alpha value is -4.97. The van der Waals surface area contributed by atoms with Crippen molar-refractivity contribution in [1.82, 2.24) is 0 Å². The molecule has 0 aromatic heterocycles. The Labute approximate surface area is 238 Å². The van der Waals surface area contributed by atoms with Crippen molar-refractivity contribution in [2.75, 3.05) is 17.3 Å². The van der Waals surface area contributed by atoms with Crippen molar-refractivity contribution in [3.8, 4) is 5.75 Å². The molecule has 1 N–H and O–H groups in total. The third-order valence-corrected chi connectivity index (χ3v) is 8.85. The van der Waals surface area contributed by atoms with Gasteiger partial charge in [-0.2, -0.15) is 0 Å². The number of Topliss-reactive ketones (excluding diaryl/α,β-unsaturated/α-hetero) is 2. The van der Waals surface area contributed by atoms with Crippen LogP contribution in [0.3, 0.4) is 0 Å². The molecule has 4 atom stereocenters. The number of benzene rings is 4. The maximum Gasteiger partial charge on any atom is 0.238 e. The van der Waals surface area contributed by atoms with Crippen molar-refractivity contribution in [2.24, 2.45) is 5.92 Å². The number of hydrogen-bond acceptors (Lipinski definition) is 5. The van der Waals surface area contributed by atoms with Gasteiger partial charge in [-0.05, 0) is 42.3 Å². The average Bonchev–Trinajstić information content (AvgIpc) is 3.49. The first-order valence-corrected chi connectivity index (χ1v) is 13.7. The number of para-hydroxylation sites is 2. The number of ether oxygens (including phenoxy) is 1. The number of hydrogen-bond donors (Lipinski definition) is 1. The molecule has 1 fully saturated rings. The molecular formula is C35H28N2O4. The van der Waals surface area contributed by atoms with E-state index < -0.39 is 23.4 Å². The lowest BCUT2D eigenvalue weighted by molar-refractivity contribution is -0.121. The summed E-state index contributed by atoms with van der Waals surface area (Å²) in [6, 6.07) is 29.9. The van der Waals surface area contributed by atoms with E-state index in [2.05, 4.69) is 11.4 Å². The number of carbonyl (C=O) groups is 3. The van der Waals surface area contributed by atoms with Crippen LogP contribution in [0.25, 0.3) is 5.57 Å². The molecule has 1 amide bonds. The van der Waals surface area contributed by atoms with Gasteiger partial charge < -0.3 is 15.0 Å². The van der Waals surface area contributed by atoms with Gasteiger partial charge in [-0.15, -0.1) is 0 Å². The molecule has 3 heterocycles. The molecule has 6 nitrogen and oxygen atoms in total. The highest BCUT2D eigenvalue weighted by Crippen LogP contribution is 2.58. The van der Waals surface area contributed by atoms with E-state index in [1.807, 2.05) is 78.6 Å². The lowest BCUT2D eigenvalue weighted by atomic mass is 9.64. The van der Waals surface area contributed by atoms with Crippen LogP contribution in [0.4, 0.5) is 11.4 Å². The van der Waals surface area contributed by atoms with Gasteiger partial charge in [0.05, 0.1) is 19.1 Å². The molecule has 3 aliphatic rings. The van der Waals surface area contributed by atoms with Gasteiger partial charge in [0.1, 0.15) is 17.2 Å². The number of nitrogens with one attached hydrogen (secondary N) is 1. The van der Waals surface area contributed by atoms with Gasteiger partial charge in [-0.3, -0.25) is 14.4 Å². The van der Waals surface area contributed by atoms with E-state index in [1.54, 1.807) is 43.5 Å². The number of ketones is 2. The molecule has 1 spiro atoms. The molecule has 0 aliphatic carbocycles. The molecule has 0 bridgehead atoms. The van der Waals surface area contributed by atoms with Crippen LogP contribution < -0.4 is 15.0 Å². The van der Waals surface area contributed by atoms with Crippen molar-refractivity contribution in [3.63, 3.8) is 0 Å². The van der Waals surface area contributed by atoms with Crippen molar-refractivity contribution in [3.05, 3.63) is 131 Å². The predicted molar refractivity (Wildman–Crippen MR) is 158 cm³/mol. The van der Waals surface area contributed by atoms with E-state index in [1.165, 1.54) is 0 Å². The highest BCUT2D eigenvalue weighted by Gasteiger charge is 2.70. The van der Waals surface area contributed by atoms with Gasteiger partial charge in [-0.1, -0.05) is 84.9 Å². The molecule has 4 aromatic carbocycles. The fourth-order valence-electron chi connectivity index (χ4n) is 7.12. The predicted octanol–water partition coefficient (Wildman–Crippen LogP) is 5.94. The number of nitrogens with zero attached hydrogens (tertiary/aromatic N) is 1. The second kappa shape index (κ2) is 9.30. The number of allylic oxidation sites excluding steroid dienone is 1. The highest BCUT2D eigenvalue weighted by atomic mass is 16.5. The van der Waals surface area contributed by atoms with Crippen LogP contribution in [0.1, 0.15) is 38.8 Å². The average molecular weight is 541 g/mol. The Morgan fingerprint density at radius 1 is 0.829 bits per heavy atom. The molecule has 4 aromatic rings. The normalized spacial score (nSPS) is 23.8. The third-order valence-electron chi connectivity index (χ3n) is 8.85. The first-order chi connectivity index (χ1) is 20.0. The number of rotatable bonds is 5. The van der Waals surface area contributed by atoms with E-state index in [0.29, 0.717) is 22.6 Å². The zero-order valence-electron chi connectivity index (χ0n) is 22.7. The Morgan fingerprint density at radius 3 is 2.34 bits per heavy atom. The van der Waals surface area contributed by atoms with Crippen LogP contribution >= 0.6 is 0 Å². The van der Waals surface area contributed by atoms with Crippen LogP contribution in [0, 0.1) is 5.92 Å². The summed E-state index contributed by atoms with van der Waals surface area (Å²) in [5, 5.41) is 3.08. The molecule has 6 heteroatoms. The molecule has 0 radical (unpaired) electrons. The maximum absolute atomic E-state index is 14.9. The van der Waals surface area contributed by atoms with E-state index in [-0.39, 0.29) is 17.5 Å². The summed E-state index contributed by atoms with van der Waals surface area (Å²) in [6.07, 6.45) is 2.06. The zero-order chi connectivity index (χ0) is 28.3. The minimum absolute atomic E-state index is 0.200. The van der Waals surface area contributed by atoms with Gasteiger partial charge in [-0.25, -0.2) is 0 Å². The van der Waals surface area contributed by atoms with Gasteiger partial charge >= 0.3 is 0 Å². The minimum Gasteiger partial charge on any atom is -0.497 e. The Morgan fingerprint density at radius 2 is 1.54 bits per heavy atom. The standard InChI is InChI=1S/C35H28N2O4/c1-21-19-29-35(26-16-7-8-17-27(26)36-34(35)40)30(32(38)23-13-10-14-24(20-23)41-2)31(33(39)22-11-4-3-5-12-22)37(29)28-18-9-6-15-25(21)28/h3-20,29-31H,1-2H3,(H,36,40)/t29-,30-,31-,35-/m0/s1. The lowest BCUT2D eigenvalue weighted by Crippen LogP contribution is -2.51. The second-order valence-corrected chi connectivity index (χ2v) is 10.8. The van der Waals surface area contributed by atoms with Crippen molar-refractivity contribution < 1.29 is 19.1 Å². The molecule has 0 unspecified atom stereocenters. The largest absolute Gasteiger partial charge is 0.497 e. The summed E-state index contributed by atoms with van der Waals surface area (Å²) in [5.41, 5.74) is 3.75. The molecule has 41 heavy (non-hydrogen) atoms. The monoisotopic (exact) mass is 540 g/mol. The summed E-state index contributed by atoms with van der Waals surface area (Å²) < 4.78 is 5.44. The Balaban J connectivity index is 1.56. The van der Waals surface area contributed by atoms with Gasteiger partial charge in [0.25, 0.3) is 0 Å². The van der Waals surface area contributed by atoms with E-state index in [4.69, 9.17) is 4.74 Å². The zero-order valence-corrected chi connectivity index (χ0v) is 22.7. The quantitative estimate of drug-likeness (QED) is 0.317. The fraction of sp³-hybridized carbons (Fsp3) is 0.171. The molecule has 3 aliphatic heterocycles. The number of fused-ring (bicyclic) bond motifs is 6. The van der Waals surface area contributed by atoms with Gasteiger partial charge in [0.2, 0.25) is 5.91 Å². The van der Waals surface area contributed by atoms with E-state index in [0.717, 1.165) is 22.4 Å². The summed E-state index contributed by atoms with van der Waals surface area (Å²) in [5.74, 6) is -1.24. The van der Waals surface area contributed by atoms with Crippen LogP contribution in [-0.2, 0) is 10.2 Å². The van der Waals surface area contributed by atoms with Crippen LogP contribution in [0.2, 0.25) is 0 Å². The number of methoxy groups -OCH3 is 1. The van der Waals surface area contributed by atoms with E-state index >= 15 is 0 Å². The van der Waals surface area contributed by atoms with Crippen molar-refractivity contribution >= 4 is 34.4 Å². The minimum atomic E-state index is -1.35. The van der Waals surface area contributed by atoms with Crippen molar-refractivity contribution in [2.45, 2.75) is 24.4 Å². The molecule has 1 saturated heterocycles. The molecule has 7 rings (SSSR count). The van der Waals surface area contributed by atoms with E-state index in [9.17, 15) is 14.4 Å². The number of anilines is 2. The molecule has 0 saturated carbocycles. The first-order valence-electron chi connectivity index (χ1n) is 13.7. The second-order valence-electron chi connectivity index (χ2n) is 10.8. The molecular weight excluding hydrogens is 512 g/mol. The van der Waals surface area contributed by atoms with Crippen LogP contribution in [0.15, 0.2) is 109 Å². The fourth-order valence-corrected chi connectivity index (χ4v) is 7.12. The Bertz CT molecular complexity index is 1760. The number of carbonyl (C=O) groups excluding carboxylic acids is 3. The van der Waals surface area contributed by atoms with Crippen LogP contribution in [0.5, 0.6) is 5.75 Å². The summed E-state index contributed by atoms with van der Waals surface area (Å²) in [4.78, 5) is 46.0. The Kier molecular flexibility index (Phi) is 5.68. The SMILES string of the molecule is COc1cccc(C(=O)[C@@H]2[C@@H](C(=O)c3ccccc3)N3c4ccccc4C(C)=C[C@H]3[C@]23C(=O)Nc2ccccc23)c1. The maximum atomic E-state index is 14.9. The van der Waals surface area contributed by atoms with Crippen molar-refractivity contribution in [1.29, 1.82) is 0 Å². The first kappa shape index (κ1) is 25.0. The lowest BCUT2D eigenvalue weighted by Gasteiger charge is -2.39. The highest BCUT2D eigenvalue weighted by molar-refractivity contribution is 6.18. The summed E-state index contributed by atoms with van der Waals surface area (Å²) in [6.45, 7) is 2.02.